The molecule has 0 radical (unpaired) electrons. The third-order valence-corrected chi connectivity index (χ3v) is 2.49. The number of aryl methyl sites for hydroxylation is 1. The lowest BCUT2D eigenvalue weighted by Crippen LogP contribution is -2.25. The minimum atomic E-state index is -0.868. The Morgan fingerprint density at radius 1 is 1.33 bits per heavy atom. The zero-order valence-electron chi connectivity index (χ0n) is 10.1. The Hall–Kier alpha value is -1.96. The Bertz CT molecular complexity index is 481. The molecule has 0 aliphatic rings. The number of hydrogen-bond donors (Lipinski definition) is 1. The van der Waals surface area contributed by atoms with E-state index in [2.05, 4.69) is 5.32 Å². The van der Waals surface area contributed by atoms with Crippen LogP contribution in [0.4, 0.5) is 8.78 Å². The van der Waals surface area contributed by atoms with Gasteiger partial charge in [-0.05, 0) is 31.4 Å². The summed E-state index contributed by atoms with van der Waals surface area (Å²) < 4.78 is 26.4. The number of nitrogens with one attached hydrogen (secondary N) is 1. The number of hydrogen-bond acceptors (Lipinski definition) is 2. The van der Waals surface area contributed by atoms with E-state index in [-0.39, 0.29) is 11.1 Å². The molecular weight excluding hydrogens is 238 g/mol. The number of rotatable bonds is 5. The van der Waals surface area contributed by atoms with E-state index in [9.17, 15) is 13.6 Å². The molecule has 1 N–H and O–H groups in total. The summed E-state index contributed by atoms with van der Waals surface area (Å²) in [5.74, 6) is -2.10. The SMILES string of the molecule is Cc1cc(C(=O)NCCCCC#N)c(F)cc1F. The van der Waals surface area contributed by atoms with Crippen LogP contribution >= 0.6 is 0 Å². The van der Waals surface area contributed by atoms with E-state index >= 15 is 0 Å². The van der Waals surface area contributed by atoms with E-state index in [1.807, 2.05) is 6.07 Å². The van der Waals surface area contributed by atoms with Crippen LogP contribution in [0.3, 0.4) is 0 Å². The molecular formula is C13H14F2N2O. The lowest BCUT2D eigenvalue weighted by Gasteiger charge is -2.07. The first kappa shape index (κ1) is 14.1. The van der Waals surface area contributed by atoms with Gasteiger partial charge < -0.3 is 5.32 Å². The lowest BCUT2D eigenvalue weighted by molar-refractivity contribution is 0.0949. The molecule has 0 saturated carbocycles. The average Bonchev–Trinajstić information content (AvgIpc) is 2.33. The van der Waals surface area contributed by atoms with Gasteiger partial charge in [0.1, 0.15) is 11.6 Å². The summed E-state index contributed by atoms with van der Waals surface area (Å²) in [6, 6.07) is 3.89. The van der Waals surface area contributed by atoms with Crippen LogP contribution in [0.25, 0.3) is 0 Å². The van der Waals surface area contributed by atoms with E-state index < -0.39 is 17.5 Å². The van der Waals surface area contributed by atoms with Crippen molar-refractivity contribution in [2.75, 3.05) is 6.54 Å². The number of halogens is 2. The minimum Gasteiger partial charge on any atom is -0.352 e. The van der Waals surface area contributed by atoms with E-state index in [4.69, 9.17) is 5.26 Å². The largest absolute Gasteiger partial charge is 0.352 e. The van der Waals surface area contributed by atoms with Crippen LogP contribution in [-0.4, -0.2) is 12.5 Å². The molecule has 1 aromatic carbocycles. The Morgan fingerprint density at radius 2 is 2.06 bits per heavy atom. The Kier molecular flexibility index (Phi) is 5.25. The Balaban J connectivity index is 2.57. The van der Waals surface area contributed by atoms with Crippen LogP contribution in [0.1, 0.15) is 35.2 Å². The number of unbranched alkanes of at least 4 members (excludes halogenated alkanes) is 2. The van der Waals surface area contributed by atoms with Gasteiger partial charge >= 0.3 is 0 Å². The molecule has 0 atom stereocenters. The zero-order valence-corrected chi connectivity index (χ0v) is 10.1. The molecule has 0 bridgehead atoms. The third-order valence-electron chi connectivity index (χ3n) is 2.49. The van der Waals surface area contributed by atoms with E-state index in [0.717, 1.165) is 0 Å². The first-order valence-electron chi connectivity index (χ1n) is 5.67. The topological polar surface area (TPSA) is 52.9 Å². The van der Waals surface area contributed by atoms with Crippen LogP contribution in [0.15, 0.2) is 12.1 Å². The van der Waals surface area contributed by atoms with Gasteiger partial charge in [0.25, 0.3) is 5.91 Å². The fraction of sp³-hybridized carbons (Fsp3) is 0.385. The smallest absolute Gasteiger partial charge is 0.254 e. The maximum Gasteiger partial charge on any atom is 0.254 e. The molecule has 1 aromatic rings. The normalized spacial score (nSPS) is 9.89. The van der Waals surface area contributed by atoms with Gasteiger partial charge in [-0.1, -0.05) is 0 Å². The van der Waals surface area contributed by atoms with Gasteiger partial charge in [0, 0.05) is 19.0 Å². The van der Waals surface area contributed by atoms with Crippen LogP contribution in [0.2, 0.25) is 0 Å². The van der Waals surface area contributed by atoms with Crippen molar-refractivity contribution >= 4 is 5.91 Å². The van der Waals surface area contributed by atoms with Gasteiger partial charge in [0.2, 0.25) is 0 Å². The number of nitrogens with zero attached hydrogens (tertiary/aromatic N) is 1. The molecule has 18 heavy (non-hydrogen) atoms. The van der Waals surface area contributed by atoms with Crippen molar-refractivity contribution < 1.29 is 13.6 Å². The van der Waals surface area contributed by atoms with Gasteiger partial charge in [-0.25, -0.2) is 8.78 Å². The molecule has 96 valence electrons. The van der Waals surface area contributed by atoms with Crippen molar-refractivity contribution in [3.05, 3.63) is 34.9 Å². The predicted octanol–water partition coefficient (Wildman–Crippen LogP) is 2.70. The average molecular weight is 252 g/mol. The van der Waals surface area contributed by atoms with Crippen molar-refractivity contribution in [2.45, 2.75) is 26.2 Å². The molecule has 0 aromatic heterocycles. The summed E-state index contributed by atoms with van der Waals surface area (Å²) in [7, 11) is 0. The van der Waals surface area contributed by atoms with Gasteiger partial charge in [0.05, 0.1) is 11.6 Å². The highest BCUT2D eigenvalue weighted by atomic mass is 19.1. The number of amides is 1. The first-order valence-corrected chi connectivity index (χ1v) is 5.67. The fourth-order valence-corrected chi connectivity index (χ4v) is 1.46. The number of nitriles is 1. The number of benzene rings is 1. The number of carbonyl (C=O) groups is 1. The minimum absolute atomic E-state index is 0.158. The molecule has 1 amide bonds. The molecule has 0 fully saturated rings. The van der Waals surface area contributed by atoms with Gasteiger partial charge in [-0.15, -0.1) is 0 Å². The van der Waals surface area contributed by atoms with Crippen LogP contribution in [-0.2, 0) is 0 Å². The highest BCUT2D eigenvalue weighted by Crippen LogP contribution is 2.14. The number of carbonyl (C=O) groups excluding carboxylic acids is 1. The summed E-state index contributed by atoms with van der Waals surface area (Å²) in [5.41, 5.74) is 0.0696. The van der Waals surface area contributed by atoms with Crippen LogP contribution in [0, 0.1) is 29.9 Å². The Morgan fingerprint density at radius 3 is 2.72 bits per heavy atom. The first-order chi connectivity index (χ1) is 8.56. The van der Waals surface area contributed by atoms with Crippen molar-refractivity contribution in [3.8, 4) is 6.07 Å². The third kappa shape index (κ3) is 3.81. The van der Waals surface area contributed by atoms with Gasteiger partial charge in [-0.3, -0.25) is 4.79 Å². The summed E-state index contributed by atoms with van der Waals surface area (Å²) >= 11 is 0. The highest BCUT2D eigenvalue weighted by Gasteiger charge is 2.13. The predicted molar refractivity (Wildman–Crippen MR) is 62.9 cm³/mol. The molecule has 0 unspecified atom stereocenters. The maximum atomic E-state index is 13.4. The molecule has 0 aliphatic heterocycles. The molecule has 0 spiro atoms. The van der Waals surface area contributed by atoms with E-state index in [1.165, 1.54) is 13.0 Å². The van der Waals surface area contributed by atoms with E-state index in [1.54, 1.807) is 0 Å². The molecule has 0 aliphatic carbocycles. The summed E-state index contributed by atoms with van der Waals surface area (Å²) in [4.78, 5) is 11.6. The lowest BCUT2D eigenvalue weighted by atomic mass is 10.1. The monoisotopic (exact) mass is 252 g/mol. The zero-order chi connectivity index (χ0) is 13.5. The van der Waals surface area contributed by atoms with Crippen molar-refractivity contribution in [1.82, 2.24) is 5.32 Å². The molecule has 0 saturated heterocycles. The summed E-state index contributed by atoms with van der Waals surface area (Å²) in [6.45, 7) is 1.84. The molecule has 1 rings (SSSR count). The summed E-state index contributed by atoms with van der Waals surface area (Å²) in [5, 5.41) is 10.9. The molecule has 0 heterocycles. The van der Waals surface area contributed by atoms with Gasteiger partial charge in [-0.2, -0.15) is 5.26 Å². The summed E-state index contributed by atoms with van der Waals surface area (Å²) in [6.07, 6.45) is 1.77. The van der Waals surface area contributed by atoms with Crippen LogP contribution < -0.4 is 5.32 Å². The fourth-order valence-electron chi connectivity index (χ4n) is 1.46. The second kappa shape index (κ2) is 6.70. The Labute approximate surface area is 104 Å². The van der Waals surface area contributed by atoms with Crippen molar-refractivity contribution in [2.24, 2.45) is 0 Å². The second-order valence-electron chi connectivity index (χ2n) is 3.95. The highest BCUT2D eigenvalue weighted by molar-refractivity contribution is 5.94. The maximum absolute atomic E-state index is 13.4. The van der Waals surface area contributed by atoms with Crippen molar-refractivity contribution in [3.63, 3.8) is 0 Å². The standard InChI is InChI=1S/C13H14F2N2O/c1-9-7-10(12(15)8-11(9)14)13(18)17-6-4-2-3-5-16/h7-8H,2-4,6H2,1H3,(H,17,18). The van der Waals surface area contributed by atoms with Crippen LogP contribution in [0.5, 0.6) is 0 Å². The molecule has 3 nitrogen and oxygen atoms in total. The van der Waals surface area contributed by atoms with Gasteiger partial charge in [0.15, 0.2) is 0 Å². The quantitative estimate of drug-likeness (QED) is 0.819. The second-order valence-corrected chi connectivity index (χ2v) is 3.95. The van der Waals surface area contributed by atoms with E-state index in [0.29, 0.717) is 31.9 Å². The van der Waals surface area contributed by atoms with Crippen molar-refractivity contribution in [1.29, 1.82) is 5.26 Å². The molecule has 5 heteroatoms.